The molecule has 2 atom stereocenters. The standard InChI is InChI=1S/C15H17F2NO5/c1-8(4-12(19)22-2)13(15(21)23-3)18-14(20)9-5-10(16)7-11(17)6-9/h5-8,13H,4H2,1-3H3,(H,18,20)/t8-,13+/m0/s1. The van der Waals surface area contributed by atoms with Crippen molar-refractivity contribution in [1.29, 1.82) is 0 Å². The molecule has 0 aliphatic carbocycles. The average molecular weight is 329 g/mol. The third-order valence-electron chi connectivity index (χ3n) is 3.15. The van der Waals surface area contributed by atoms with E-state index in [1.54, 1.807) is 0 Å². The number of benzene rings is 1. The number of ether oxygens (including phenoxy) is 2. The molecule has 0 bridgehead atoms. The predicted octanol–water partition coefficient (Wildman–Crippen LogP) is 1.44. The summed E-state index contributed by atoms with van der Waals surface area (Å²) in [5.74, 6) is -4.71. The fourth-order valence-corrected chi connectivity index (χ4v) is 1.93. The largest absolute Gasteiger partial charge is 0.469 e. The van der Waals surface area contributed by atoms with Crippen molar-refractivity contribution in [2.24, 2.45) is 5.92 Å². The van der Waals surface area contributed by atoms with Gasteiger partial charge in [-0.15, -0.1) is 0 Å². The van der Waals surface area contributed by atoms with Crippen LogP contribution in [0.3, 0.4) is 0 Å². The van der Waals surface area contributed by atoms with E-state index in [2.05, 4.69) is 14.8 Å². The molecule has 6 nitrogen and oxygen atoms in total. The minimum Gasteiger partial charge on any atom is -0.469 e. The Morgan fingerprint density at radius 3 is 2.13 bits per heavy atom. The van der Waals surface area contributed by atoms with Crippen LogP contribution in [0.5, 0.6) is 0 Å². The molecule has 0 unspecified atom stereocenters. The average Bonchev–Trinajstić information content (AvgIpc) is 2.50. The van der Waals surface area contributed by atoms with Gasteiger partial charge in [0.15, 0.2) is 0 Å². The van der Waals surface area contributed by atoms with Crippen LogP contribution >= 0.6 is 0 Å². The highest BCUT2D eigenvalue weighted by Gasteiger charge is 2.30. The molecule has 1 N–H and O–H groups in total. The molecule has 0 fully saturated rings. The molecule has 0 saturated heterocycles. The Morgan fingerprint density at radius 1 is 1.09 bits per heavy atom. The summed E-state index contributed by atoms with van der Waals surface area (Å²) in [4.78, 5) is 35.2. The molecule has 0 radical (unpaired) electrons. The number of hydrogen-bond acceptors (Lipinski definition) is 5. The molecule has 126 valence electrons. The Balaban J connectivity index is 2.94. The van der Waals surface area contributed by atoms with Crippen LogP contribution in [0.25, 0.3) is 0 Å². The van der Waals surface area contributed by atoms with Crippen molar-refractivity contribution >= 4 is 17.8 Å². The maximum absolute atomic E-state index is 13.2. The van der Waals surface area contributed by atoms with Gasteiger partial charge in [-0.25, -0.2) is 13.6 Å². The fraction of sp³-hybridized carbons (Fsp3) is 0.400. The summed E-state index contributed by atoms with van der Waals surface area (Å²) in [7, 11) is 2.31. The minimum absolute atomic E-state index is 0.145. The van der Waals surface area contributed by atoms with Crippen molar-refractivity contribution < 1.29 is 32.6 Å². The summed E-state index contributed by atoms with van der Waals surface area (Å²) < 4.78 is 35.4. The predicted molar refractivity (Wildman–Crippen MR) is 75.4 cm³/mol. The van der Waals surface area contributed by atoms with Crippen LogP contribution in [-0.4, -0.2) is 38.1 Å². The highest BCUT2D eigenvalue weighted by Crippen LogP contribution is 2.13. The molecular weight excluding hydrogens is 312 g/mol. The second-order valence-electron chi connectivity index (χ2n) is 4.89. The van der Waals surface area contributed by atoms with Crippen LogP contribution in [-0.2, 0) is 19.1 Å². The minimum atomic E-state index is -1.17. The van der Waals surface area contributed by atoms with Gasteiger partial charge in [-0.2, -0.15) is 0 Å². The number of halogens is 2. The maximum Gasteiger partial charge on any atom is 0.328 e. The van der Waals surface area contributed by atoms with Crippen LogP contribution in [0, 0.1) is 17.6 Å². The van der Waals surface area contributed by atoms with Crippen LogP contribution in [0.15, 0.2) is 18.2 Å². The second kappa shape index (κ2) is 8.21. The number of rotatable bonds is 6. The van der Waals surface area contributed by atoms with Gasteiger partial charge in [0, 0.05) is 11.6 Å². The first-order valence-corrected chi connectivity index (χ1v) is 6.70. The van der Waals surface area contributed by atoms with E-state index in [9.17, 15) is 23.2 Å². The highest BCUT2D eigenvalue weighted by molar-refractivity contribution is 5.97. The van der Waals surface area contributed by atoms with Crippen molar-refractivity contribution in [2.45, 2.75) is 19.4 Å². The van der Waals surface area contributed by atoms with Gasteiger partial charge in [-0.1, -0.05) is 6.92 Å². The number of methoxy groups -OCH3 is 2. The van der Waals surface area contributed by atoms with Crippen molar-refractivity contribution in [3.05, 3.63) is 35.4 Å². The molecule has 1 amide bonds. The van der Waals surface area contributed by atoms with Gasteiger partial charge in [0.05, 0.1) is 20.6 Å². The molecule has 0 heterocycles. The van der Waals surface area contributed by atoms with E-state index in [0.29, 0.717) is 6.07 Å². The number of esters is 2. The molecule has 23 heavy (non-hydrogen) atoms. The molecule has 0 aromatic heterocycles. The van der Waals surface area contributed by atoms with Crippen LogP contribution < -0.4 is 5.32 Å². The zero-order valence-corrected chi connectivity index (χ0v) is 12.9. The quantitative estimate of drug-likeness (QED) is 0.799. The molecule has 1 rings (SSSR count). The van der Waals surface area contributed by atoms with Gasteiger partial charge >= 0.3 is 11.9 Å². The third kappa shape index (κ3) is 5.32. The van der Waals surface area contributed by atoms with Crippen LogP contribution in [0.1, 0.15) is 23.7 Å². The Morgan fingerprint density at radius 2 is 1.65 bits per heavy atom. The third-order valence-corrected chi connectivity index (χ3v) is 3.15. The van der Waals surface area contributed by atoms with Gasteiger partial charge < -0.3 is 14.8 Å². The van der Waals surface area contributed by atoms with E-state index in [-0.39, 0.29) is 12.0 Å². The van der Waals surface area contributed by atoms with E-state index in [4.69, 9.17) is 0 Å². The van der Waals surface area contributed by atoms with E-state index in [1.165, 1.54) is 14.0 Å². The number of amides is 1. The Hall–Kier alpha value is -2.51. The number of carbonyl (C=O) groups excluding carboxylic acids is 3. The zero-order valence-electron chi connectivity index (χ0n) is 12.9. The number of carbonyl (C=O) groups is 3. The molecule has 8 heteroatoms. The van der Waals surface area contributed by atoms with E-state index < -0.39 is 41.4 Å². The smallest absolute Gasteiger partial charge is 0.328 e. The topological polar surface area (TPSA) is 81.7 Å². The molecule has 0 saturated carbocycles. The first kappa shape index (κ1) is 18.5. The summed E-state index contributed by atoms with van der Waals surface area (Å²) in [5, 5.41) is 2.31. The Bertz CT molecular complexity index is 585. The van der Waals surface area contributed by atoms with Crippen molar-refractivity contribution in [2.75, 3.05) is 14.2 Å². The normalized spacial score (nSPS) is 12.9. The van der Waals surface area contributed by atoms with Gasteiger partial charge in [-0.3, -0.25) is 9.59 Å². The lowest BCUT2D eigenvalue weighted by atomic mass is 9.97. The van der Waals surface area contributed by atoms with Gasteiger partial charge in [-0.05, 0) is 18.1 Å². The number of nitrogens with one attached hydrogen (secondary N) is 1. The van der Waals surface area contributed by atoms with Crippen molar-refractivity contribution in [1.82, 2.24) is 5.32 Å². The monoisotopic (exact) mass is 329 g/mol. The zero-order chi connectivity index (χ0) is 17.6. The van der Waals surface area contributed by atoms with Gasteiger partial charge in [0.25, 0.3) is 5.91 Å². The summed E-state index contributed by atoms with van der Waals surface area (Å²) in [6.45, 7) is 1.53. The van der Waals surface area contributed by atoms with Crippen molar-refractivity contribution in [3.63, 3.8) is 0 Å². The summed E-state index contributed by atoms with van der Waals surface area (Å²) in [6.07, 6.45) is -0.145. The lowest BCUT2D eigenvalue weighted by Gasteiger charge is -2.22. The lowest BCUT2D eigenvalue weighted by Crippen LogP contribution is -2.46. The maximum atomic E-state index is 13.2. The first-order chi connectivity index (χ1) is 10.8. The fourth-order valence-electron chi connectivity index (χ4n) is 1.93. The van der Waals surface area contributed by atoms with Gasteiger partial charge in [0.2, 0.25) is 0 Å². The Kier molecular flexibility index (Phi) is 6.62. The molecule has 0 aliphatic rings. The van der Waals surface area contributed by atoms with Gasteiger partial charge in [0.1, 0.15) is 17.7 Å². The molecule has 1 aromatic rings. The van der Waals surface area contributed by atoms with Crippen LogP contribution in [0.2, 0.25) is 0 Å². The van der Waals surface area contributed by atoms with Crippen molar-refractivity contribution in [3.8, 4) is 0 Å². The highest BCUT2D eigenvalue weighted by atomic mass is 19.1. The summed E-state index contributed by atoms with van der Waals surface area (Å²) in [6, 6.07) is 1.11. The molecule has 0 aliphatic heterocycles. The van der Waals surface area contributed by atoms with E-state index in [1.807, 2.05) is 0 Å². The Labute approximate surface area is 131 Å². The second-order valence-corrected chi connectivity index (χ2v) is 4.89. The molecular formula is C15H17F2NO5. The van der Waals surface area contributed by atoms with E-state index >= 15 is 0 Å². The number of hydrogen-bond donors (Lipinski definition) is 1. The SMILES string of the molecule is COC(=O)C[C@H](C)[C@@H](NC(=O)c1cc(F)cc(F)c1)C(=O)OC. The summed E-state index contributed by atoms with van der Waals surface area (Å²) >= 11 is 0. The van der Waals surface area contributed by atoms with E-state index in [0.717, 1.165) is 19.2 Å². The van der Waals surface area contributed by atoms with Crippen LogP contribution in [0.4, 0.5) is 8.78 Å². The molecule has 0 spiro atoms. The first-order valence-electron chi connectivity index (χ1n) is 6.70. The summed E-state index contributed by atoms with van der Waals surface area (Å²) in [5.41, 5.74) is -0.290. The lowest BCUT2D eigenvalue weighted by molar-refractivity contribution is -0.146. The molecule has 1 aromatic carbocycles.